The van der Waals surface area contributed by atoms with Crippen LogP contribution in [-0.4, -0.2) is 26.0 Å². The number of sulfonamides is 1. The SMILES string of the molecule is CC(NS(=O)(=O)CCc1ccccc1)C(=N)N. The lowest BCUT2D eigenvalue weighted by molar-refractivity contribution is 0.577. The van der Waals surface area contributed by atoms with Crippen LogP contribution in [0.15, 0.2) is 30.3 Å². The summed E-state index contributed by atoms with van der Waals surface area (Å²) in [5, 5.41) is 7.13. The highest BCUT2D eigenvalue weighted by Gasteiger charge is 2.15. The molecule has 0 saturated carbocycles. The molecule has 0 heterocycles. The van der Waals surface area contributed by atoms with Crippen molar-refractivity contribution in [1.82, 2.24) is 4.72 Å². The molecular formula is C11H17N3O2S. The van der Waals surface area contributed by atoms with E-state index in [-0.39, 0.29) is 11.6 Å². The highest BCUT2D eigenvalue weighted by atomic mass is 32.2. The van der Waals surface area contributed by atoms with E-state index in [0.717, 1.165) is 5.56 Å². The van der Waals surface area contributed by atoms with Crippen molar-refractivity contribution in [1.29, 1.82) is 5.41 Å². The van der Waals surface area contributed by atoms with Gasteiger partial charge in [0.2, 0.25) is 10.0 Å². The van der Waals surface area contributed by atoms with Crippen LogP contribution in [-0.2, 0) is 16.4 Å². The van der Waals surface area contributed by atoms with Gasteiger partial charge in [-0.25, -0.2) is 13.1 Å². The van der Waals surface area contributed by atoms with Gasteiger partial charge in [-0.1, -0.05) is 30.3 Å². The van der Waals surface area contributed by atoms with Crippen LogP contribution in [0.4, 0.5) is 0 Å². The first-order chi connectivity index (χ1) is 7.91. The predicted molar refractivity (Wildman–Crippen MR) is 68.4 cm³/mol. The molecule has 17 heavy (non-hydrogen) atoms. The molecule has 1 aromatic carbocycles. The van der Waals surface area contributed by atoms with Gasteiger partial charge in [0, 0.05) is 0 Å². The van der Waals surface area contributed by atoms with Crippen molar-refractivity contribution in [3.8, 4) is 0 Å². The number of benzene rings is 1. The molecule has 4 N–H and O–H groups in total. The maximum atomic E-state index is 11.7. The number of nitrogens with one attached hydrogen (secondary N) is 2. The van der Waals surface area contributed by atoms with Gasteiger partial charge in [-0.2, -0.15) is 0 Å². The Labute approximate surface area is 102 Å². The summed E-state index contributed by atoms with van der Waals surface area (Å²) in [6.07, 6.45) is 0.445. The Balaban J connectivity index is 2.54. The van der Waals surface area contributed by atoms with Crippen LogP contribution < -0.4 is 10.5 Å². The highest BCUT2D eigenvalue weighted by Crippen LogP contribution is 2.01. The van der Waals surface area contributed by atoms with Crippen LogP contribution in [0.5, 0.6) is 0 Å². The molecule has 6 heteroatoms. The average Bonchev–Trinajstić information content (AvgIpc) is 2.27. The quantitative estimate of drug-likeness (QED) is 0.509. The van der Waals surface area contributed by atoms with Gasteiger partial charge in [-0.05, 0) is 18.9 Å². The lowest BCUT2D eigenvalue weighted by Crippen LogP contribution is -2.42. The maximum absolute atomic E-state index is 11.7. The van der Waals surface area contributed by atoms with Gasteiger partial charge in [-0.3, -0.25) is 5.41 Å². The van der Waals surface area contributed by atoms with Gasteiger partial charge in [0.15, 0.2) is 0 Å². The van der Waals surface area contributed by atoms with Gasteiger partial charge in [0.05, 0.1) is 11.8 Å². The molecule has 1 aromatic rings. The predicted octanol–water partition coefficient (Wildman–Crippen LogP) is 0.473. The van der Waals surface area contributed by atoms with Gasteiger partial charge in [0.1, 0.15) is 5.84 Å². The Hall–Kier alpha value is -1.40. The number of rotatable bonds is 6. The van der Waals surface area contributed by atoms with Crippen molar-refractivity contribution >= 4 is 15.9 Å². The maximum Gasteiger partial charge on any atom is 0.212 e. The number of aryl methyl sites for hydroxylation is 1. The molecule has 5 nitrogen and oxygen atoms in total. The number of hydrogen-bond acceptors (Lipinski definition) is 3. The average molecular weight is 255 g/mol. The summed E-state index contributed by atoms with van der Waals surface area (Å²) in [5.74, 6) is -0.192. The van der Waals surface area contributed by atoms with Gasteiger partial charge < -0.3 is 5.73 Å². The monoisotopic (exact) mass is 255 g/mol. The second-order valence-electron chi connectivity index (χ2n) is 3.85. The van der Waals surface area contributed by atoms with Crippen molar-refractivity contribution < 1.29 is 8.42 Å². The van der Waals surface area contributed by atoms with Crippen molar-refractivity contribution in [3.63, 3.8) is 0 Å². The summed E-state index contributed by atoms with van der Waals surface area (Å²) < 4.78 is 25.7. The summed E-state index contributed by atoms with van der Waals surface area (Å²) in [6, 6.07) is 8.72. The summed E-state index contributed by atoms with van der Waals surface area (Å²) in [7, 11) is -3.39. The minimum Gasteiger partial charge on any atom is -0.386 e. The van der Waals surface area contributed by atoms with E-state index in [0.29, 0.717) is 6.42 Å². The van der Waals surface area contributed by atoms with E-state index in [2.05, 4.69) is 4.72 Å². The molecule has 1 atom stereocenters. The van der Waals surface area contributed by atoms with Crippen LogP contribution in [0, 0.1) is 5.41 Å². The van der Waals surface area contributed by atoms with Gasteiger partial charge >= 0.3 is 0 Å². The van der Waals surface area contributed by atoms with E-state index in [1.54, 1.807) is 6.92 Å². The van der Waals surface area contributed by atoms with Crippen molar-refractivity contribution in [2.45, 2.75) is 19.4 Å². The molecule has 0 saturated heterocycles. The molecule has 0 aromatic heterocycles. The number of nitrogens with two attached hydrogens (primary N) is 1. The molecule has 0 aliphatic rings. The number of amidine groups is 1. The molecule has 1 unspecified atom stereocenters. The van der Waals surface area contributed by atoms with Crippen molar-refractivity contribution in [2.24, 2.45) is 5.73 Å². The molecule has 94 valence electrons. The third kappa shape index (κ3) is 4.97. The van der Waals surface area contributed by atoms with E-state index in [1.807, 2.05) is 30.3 Å². The Bertz CT molecular complexity index is 471. The van der Waals surface area contributed by atoms with Crippen molar-refractivity contribution in [3.05, 3.63) is 35.9 Å². The smallest absolute Gasteiger partial charge is 0.212 e. The first-order valence-corrected chi connectivity index (χ1v) is 6.94. The zero-order valence-electron chi connectivity index (χ0n) is 9.68. The first kappa shape index (κ1) is 13.7. The lowest BCUT2D eigenvalue weighted by atomic mass is 10.2. The largest absolute Gasteiger partial charge is 0.386 e. The third-order valence-corrected chi connectivity index (χ3v) is 3.78. The molecule has 0 aliphatic heterocycles. The standard InChI is InChI=1S/C11H17N3O2S/c1-9(11(12)13)14-17(15,16)8-7-10-5-3-2-4-6-10/h2-6,9,14H,7-8H2,1H3,(H3,12,13). The second kappa shape index (κ2) is 5.79. The highest BCUT2D eigenvalue weighted by molar-refractivity contribution is 7.89. The topological polar surface area (TPSA) is 96.0 Å². The molecule has 1 rings (SSSR count). The Kier molecular flexibility index (Phi) is 4.65. The van der Waals surface area contributed by atoms with E-state index in [9.17, 15) is 8.42 Å². The normalized spacial score (nSPS) is 13.2. The zero-order chi connectivity index (χ0) is 12.9. The van der Waals surface area contributed by atoms with E-state index in [1.165, 1.54) is 0 Å². The van der Waals surface area contributed by atoms with Gasteiger partial charge in [0.25, 0.3) is 0 Å². The molecule has 0 fully saturated rings. The van der Waals surface area contributed by atoms with Crippen LogP contribution in [0.3, 0.4) is 0 Å². The molecule has 0 aliphatic carbocycles. The molecule has 0 amide bonds. The minimum absolute atomic E-state index is 0.00532. The summed E-state index contributed by atoms with van der Waals surface area (Å²) in [5.41, 5.74) is 6.17. The minimum atomic E-state index is -3.39. The fourth-order valence-electron chi connectivity index (χ4n) is 1.29. The van der Waals surface area contributed by atoms with Crippen LogP contribution >= 0.6 is 0 Å². The van der Waals surface area contributed by atoms with E-state index in [4.69, 9.17) is 11.1 Å². The van der Waals surface area contributed by atoms with Gasteiger partial charge in [-0.15, -0.1) is 0 Å². The van der Waals surface area contributed by atoms with E-state index < -0.39 is 16.1 Å². The molecule has 0 bridgehead atoms. The number of hydrogen-bond donors (Lipinski definition) is 3. The molecular weight excluding hydrogens is 238 g/mol. The van der Waals surface area contributed by atoms with Crippen LogP contribution in [0.25, 0.3) is 0 Å². The third-order valence-electron chi connectivity index (χ3n) is 2.33. The summed E-state index contributed by atoms with van der Waals surface area (Å²) in [4.78, 5) is 0. The van der Waals surface area contributed by atoms with Crippen LogP contribution in [0.2, 0.25) is 0 Å². The second-order valence-corrected chi connectivity index (χ2v) is 5.72. The van der Waals surface area contributed by atoms with E-state index >= 15 is 0 Å². The fourth-order valence-corrected chi connectivity index (χ4v) is 2.58. The Morgan fingerprint density at radius 3 is 2.53 bits per heavy atom. The Morgan fingerprint density at radius 2 is 2.00 bits per heavy atom. The van der Waals surface area contributed by atoms with Crippen molar-refractivity contribution in [2.75, 3.05) is 5.75 Å². The fraction of sp³-hybridized carbons (Fsp3) is 0.364. The first-order valence-electron chi connectivity index (χ1n) is 5.28. The molecule has 0 spiro atoms. The Morgan fingerprint density at radius 1 is 1.41 bits per heavy atom. The van der Waals surface area contributed by atoms with Crippen LogP contribution in [0.1, 0.15) is 12.5 Å². The molecule has 0 radical (unpaired) electrons. The summed E-state index contributed by atoms with van der Waals surface area (Å²) >= 11 is 0. The lowest BCUT2D eigenvalue weighted by Gasteiger charge is -2.12. The zero-order valence-corrected chi connectivity index (χ0v) is 10.5. The summed E-state index contributed by atoms with van der Waals surface area (Å²) in [6.45, 7) is 1.54.